The van der Waals surface area contributed by atoms with E-state index in [9.17, 15) is 31.2 Å². The molecular weight excluding hydrogens is 387 g/mol. The number of fused-ring (bicyclic) bond motifs is 3. The third kappa shape index (κ3) is 3.16. The van der Waals surface area contributed by atoms with Gasteiger partial charge >= 0.3 is 15.6 Å². The number of hydrogen-bond donors (Lipinski definition) is 0. The first-order valence-electron chi connectivity index (χ1n) is 7.54. The van der Waals surface area contributed by atoms with Crippen molar-refractivity contribution >= 4 is 31.7 Å². The van der Waals surface area contributed by atoms with Crippen molar-refractivity contribution in [2.75, 3.05) is 0 Å². The quantitative estimate of drug-likeness (QED) is 0.618. The highest BCUT2D eigenvalue weighted by Crippen LogP contribution is 2.24. The van der Waals surface area contributed by atoms with Gasteiger partial charge in [0.15, 0.2) is 0 Å². The molecule has 6 nitrogen and oxygen atoms in total. The van der Waals surface area contributed by atoms with Gasteiger partial charge in [0.25, 0.3) is 11.1 Å². The summed E-state index contributed by atoms with van der Waals surface area (Å²) in [6.07, 6.45) is 0. The van der Waals surface area contributed by atoms with Crippen molar-refractivity contribution in [1.82, 2.24) is 4.73 Å². The topological polar surface area (TPSA) is 82.4 Å². The van der Waals surface area contributed by atoms with E-state index >= 15 is 0 Å². The summed E-state index contributed by atoms with van der Waals surface area (Å²) in [5, 5.41) is 0.275. The number of nitrogens with zero attached hydrogens (tertiary/aromatic N) is 1. The van der Waals surface area contributed by atoms with E-state index in [2.05, 4.69) is 4.28 Å². The number of benzene rings is 2. The van der Waals surface area contributed by atoms with Crippen LogP contribution in [0, 0.1) is 13.8 Å². The lowest BCUT2D eigenvalue weighted by Crippen LogP contribution is -2.43. The lowest BCUT2D eigenvalue weighted by molar-refractivity contribution is -0.0551. The molecule has 0 unspecified atom stereocenters. The molecule has 0 aliphatic rings. The third-order valence-electron chi connectivity index (χ3n) is 3.93. The maximum absolute atomic E-state index is 12.7. The van der Waals surface area contributed by atoms with Crippen LogP contribution in [0.5, 0.6) is 0 Å². The van der Waals surface area contributed by atoms with Crippen molar-refractivity contribution in [1.29, 1.82) is 0 Å². The van der Waals surface area contributed by atoms with Gasteiger partial charge in [-0.1, -0.05) is 40.1 Å². The summed E-state index contributed by atoms with van der Waals surface area (Å²) in [6, 6.07) is 8.79. The van der Waals surface area contributed by atoms with Crippen molar-refractivity contribution in [3.63, 3.8) is 0 Å². The largest absolute Gasteiger partial charge is 0.536 e. The van der Waals surface area contributed by atoms with Gasteiger partial charge in [0.2, 0.25) is 0 Å². The molecule has 0 radical (unpaired) electrons. The summed E-state index contributed by atoms with van der Waals surface area (Å²) in [5.41, 5.74) is -6.95. The van der Waals surface area contributed by atoms with E-state index in [-0.39, 0.29) is 15.5 Å². The summed E-state index contributed by atoms with van der Waals surface area (Å²) in [6.45, 7) is 3.46. The Bertz CT molecular complexity index is 1230. The molecule has 0 aliphatic heterocycles. The van der Waals surface area contributed by atoms with Crippen LogP contribution in [0.3, 0.4) is 0 Å². The van der Waals surface area contributed by atoms with Gasteiger partial charge in [-0.05, 0) is 36.8 Å². The van der Waals surface area contributed by atoms with Gasteiger partial charge in [0.1, 0.15) is 0 Å². The maximum atomic E-state index is 12.7. The Labute approximate surface area is 150 Å². The van der Waals surface area contributed by atoms with Gasteiger partial charge in [-0.25, -0.2) is 0 Å². The number of hydrogen-bond acceptors (Lipinski definition) is 5. The molecular formula is C17H12F3NO5S. The minimum atomic E-state index is -6.22. The predicted octanol–water partition coefficient (Wildman–Crippen LogP) is 2.41. The lowest BCUT2D eigenvalue weighted by atomic mass is 10.0. The van der Waals surface area contributed by atoms with E-state index in [1.165, 1.54) is 24.3 Å². The van der Waals surface area contributed by atoms with Crippen molar-refractivity contribution < 1.29 is 25.9 Å². The molecule has 0 fully saturated rings. The molecule has 1 heterocycles. The highest BCUT2D eigenvalue weighted by molar-refractivity contribution is 7.87. The maximum Gasteiger partial charge on any atom is 0.536 e. The Morgan fingerprint density at radius 2 is 1.22 bits per heavy atom. The fourth-order valence-electron chi connectivity index (χ4n) is 2.65. The van der Waals surface area contributed by atoms with Gasteiger partial charge in [-0.3, -0.25) is 13.9 Å². The summed E-state index contributed by atoms with van der Waals surface area (Å²) in [5.74, 6) is 0. The zero-order valence-electron chi connectivity index (χ0n) is 14.0. The third-order valence-corrected chi connectivity index (χ3v) is 4.84. The van der Waals surface area contributed by atoms with Crippen LogP contribution >= 0.6 is 0 Å². The van der Waals surface area contributed by atoms with Crippen LogP contribution in [0.1, 0.15) is 11.1 Å². The minimum absolute atomic E-state index is 0.157. The Kier molecular flexibility index (Phi) is 4.26. The second-order valence-electron chi connectivity index (χ2n) is 5.98. The first kappa shape index (κ1) is 18.9. The fourth-order valence-corrected chi connectivity index (χ4v) is 3.07. The molecule has 2 aromatic carbocycles. The highest BCUT2D eigenvalue weighted by atomic mass is 32.2. The zero-order valence-corrected chi connectivity index (χ0v) is 14.8. The molecule has 142 valence electrons. The van der Waals surface area contributed by atoms with Gasteiger partial charge in [0, 0.05) is 0 Å². The summed E-state index contributed by atoms with van der Waals surface area (Å²) in [4.78, 5) is 25.3. The molecule has 0 saturated heterocycles. The summed E-state index contributed by atoms with van der Waals surface area (Å²) < 4.78 is 64.3. The molecule has 0 atom stereocenters. The fraction of sp³-hybridized carbons (Fsp3) is 0.176. The standard InChI is InChI=1S/C17H12F3NO5S/c1-9-3-5-11-13(7-9)14-8-10(2)4-6-12(14)16(23)21(15(11)22)26-27(24,25)17(18,19)20/h3-8H,1-2H3. The average molecular weight is 399 g/mol. The van der Waals surface area contributed by atoms with E-state index in [1.807, 2.05) is 0 Å². The Morgan fingerprint density at radius 1 is 0.815 bits per heavy atom. The molecule has 0 N–H and O–H groups in total. The lowest BCUT2D eigenvalue weighted by Gasteiger charge is -2.08. The number of alkyl halides is 3. The van der Waals surface area contributed by atoms with Crippen molar-refractivity contribution in [2.45, 2.75) is 19.4 Å². The summed E-state index contributed by atoms with van der Waals surface area (Å²) in [7, 11) is -6.22. The van der Waals surface area contributed by atoms with E-state index < -0.39 is 26.7 Å². The number of halogens is 3. The first-order chi connectivity index (χ1) is 12.4. The average Bonchev–Trinajstić information content (AvgIpc) is 2.64. The number of aryl methyl sites for hydroxylation is 2. The molecule has 3 rings (SSSR count). The van der Waals surface area contributed by atoms with Crippen LogP contribution in [0.2, 0.25) is 0 Å². The van der Waals surface area contributed by atoms with Crippen LogP contribution in [0.25, 0.3) is 21.5 Å². The van der Waals surface area contributed by atoms with Crippen molar-refractivity contribution in [3.05, 3.63) is 68.2 Å². The minimum Gasteiger partial charge on any atom is -0.274 e. The predicted molar refractivity (Wildman–Crippen MR) is 93.0 cm³/mol. The second kappa shape index (κ2) is 6.08. The molecule has 0 spiro atoms. The van der Waals surface area contributed by atoms with Gasteiger partial charge < -0.3 is 0 Å². The van der Waals surface area contributed by atoms with Crippen LogP contribution in [0.15, 0.2) is 46.0 Å². The van der Waals surface area contributed by atoms with Gasteiger partial charge in [-0.2, -0.15) is 21.6 Å². The Hall–Kier alpha value is -2.88. The monoisotopic (exact) mass is 399 g/mol. The Morgan fingerprint density at radius 3 is 1.59 bits per heavy atom. The molecule has 10 heteroatoms. The van der Waals surface area contributed by atoms with E-state index in [0.29, 0.717) is 10.8 Å². The van der Waals surface area contributed by atoms with Crippen LogP contribution < -0.4 is 15.4 Å². The van der Waals surface area contributed by atoms with Crippen molar-refractivity contribution in [2.24, 2.45) is 0 Å². The SMILES string of the molecule is Cc1ccc2c(=O)n(OS(=O)(=O)C(F)(F)F)c(=O)c3ccc(C)cc3c2c1. The van der Waals surface area contributed by atoms with Gasteiger partial charge in [0.05, 0.1) is 10.8 Å². The second-order valence-corrected chi connectivity index (χ2v) is 7.50. The van der Waals surface area contributed by atoms with Crippen LogP contribution in [-0.4, -0.2) is 18.7 Å². The van der Waals surface area contributed by atoms with Crippen LogP contribution in [0.4, 0.5) is 13.2 Å². The number of aromatic nitrogens is 1. The smallest absolute Gasteiger partial charge is 0.274 e. The van der Waals surface area contributed by atoms with Crippen LogP contribution in [-0.2, 0) is 10.1 Å². The van der Waals surface area contributed by atoms with Gasteiger partial charge in [-0.15, -0.1) is 0 Å². The highest BCUT2D eigenvalue weighted by Gasteiger charge is 2.49. The zero-order chi connectivity index (χ0) is 20.1. The van der Waals surface area contributed by atoms with Crippen molar-refractivity contribution in [3.8, 4) is 0 Å². The molecule has 0 bridgehead atoms. The molecule has 0 amide bonds. The molecule has 1 aromatic heterocycles. The normalized spacial score (nSPS) is 12.5. The molecule has 0 saturated carbocycles. The van der Waals surface area contributed by atoms with E-state index in [4.69, 9.17) is 0 Å². The number of rotatable bonds is 2. The van der Waals surface area contributed by atoms with E-state index in [0.717, 1.165) is 11.1 Å². The molecule has 0 aliphatic carbocycles. The van der Waals surface area contributed by atoms with E-state index in [1.54, 1.807) is 26.0 Å². The molecule has 3 aromatic rings. The molecule has 27 heavy (non-hydrogen) atoms. The summed E-state index contributed by atoms with van der Waals surface area (Å²) >= 11 is 0. The Balaban J connectivity index is 2.57. The first-order valence-corrected chi connectivity index (χ1v) is 8.94.